The number of rotatable bonds is 7. The topological polar surface area (TPSA) is 107 Å². The Morgan fingerprint density at radius 1 is 1.03 bits per heavy atom. The van der Waals surface area contributed by atoms with Crippen LogP contribution in [0.1, 0.15) is 12.8 Å². The van der Waals surface area contributed by atoms with E-state index in [-0.39, 0.29) is 42.1 Å². The lowest BCUT2D eigenvalue weighted by Gasteiger charge is -2.35. The fourth-order valence-corrected chi connectivity index (χ4v) is 5.65. The number of pyridine rings is 1. The molecule has 1 atom stereocenters. The Bertz CT molecular complexity index is 1300. The van der Waals surface area contributed by atoms with Gasteiger partial charge in [-0.25, -0.2) is 13.4 Å². The molecule has 2 fully saturated rings. The van der Waals surface area contributed by atoms with Gasteiger partial charge in [0.25, 0.3) is 10.0 Å². The number of sulfonamides is 1. The first-order chi connectivity index (χ1) is 17.0. The molecule has 0 aliphatic carbocycles. The highest BCUT2D eigenvalue weighted by atomic mass is 32.2. The fraction of sp³-hybridized carbons (Fsp3) is 0.375. The molecular formula is C24H27N5O5S. The Morgan fingerprint density at radius 2 is 1.80 bits per heavy atom. The second kappa shape index (κ2) is 10.1. The van der Waals surface area contributed by atoms with Crippen LogP contribution in [0, 0.1) is 0 Å². The Morgan fingerprint density at radius 3 is 2.49 bits per heavy atom. The van der Waals surface area contributed by atoms with E-state index in [9.17, 15) is 13.2 Å². The van der Waals surface area contributed by atoms with Crippen molar-refractivity contribution in [1.82, 2.24) is 19.1 Å². The van der Waals surface area contributed by atoms with Gasteiger partial charge in [-0.2, -0.15) is 14.1 Å². The molecule has 10 nitrogen and oxygen atoms in total. The lowest BCUT2D eigenvalue weighted by molar-refractivity contribution is 0.0673. The van der Waals surface area contributed by atoms with Crippen LogP contribution in [0.25, 0.3) is 5.69 Å². The predicted molar refractivity (Wildman–Crippen MR) is 130 cm³/mol. The van der Waals surface area contributed by atoms with E-state index in [0.717, 1.165) is 12.8 Å². The number of para-hydroxylation sites is 1. The highest BCUT2D eigenvalue weighted by Crippen LogP contribution is 2.27. The van der Waals surface area contributed by atoms with Gasteiger partial charge in [0.15, 0.2) is 5.03 Å². The third-order valence-electron chi connectivity index (χ3n) is 6.17. The van der Waals surface area contributed by atoms with E-state index in [1.807, 2.05) is 23.1 Å². The van der Waals surface area contributed by atoms with Crippen molar-refractivity contribution in [3.63, 3.8) is 0 Å². The van der Waals surface area contributed by atoms with Gasteiger partial charge in [0, 0.05) is 39.0 Å². The second-order valence-corrected chi connectivity index (χ2v) is 10.3. The van der Waals surface area contributed by atoms with Crippen LogP contribution in [-0.4, -0.2) is 73.0 Å². The molecule has 0 radical (unpaired) electrons. The van der Waals surface area contributed by atoms with Crippen molar-refractivity contribution in [2.75, 3.05) is 44.3 Å². The van der Waals surface area contributed by atoms with Crippen molar-refractivity contribution < 1.29 is 17.9 Å². The van der Waals surface area contributed by atoms with E-state index < -0.39 is 10.0 Å². The van der Waals surface area contributed by atoms with Gasteiger partial charge >= 0.3 is 5.56 Å². The van der Waals surface area contributed by atoms with Crippen molar-refractivity contribution in [3.8, 4) is 11.4 Å². The standard InChI is InChI=1S/C24H27N5O5S/c30-24-23(34-18-20-9-6-16-33-20)21(17-26-29(24)19-7-2-1-3-8-19)27-12-14-28(15-13-27)35(31,32)22-10-4-5-11-25-22/h1-5,7-8,10-11,17,20H,6,9,12-16,18H2. The van der Waals surface area contributed by atoms with Crippen LogP contribution in [0.15, 0.2) is 70.7 Å². The maximum Gasteiger partial charge on any atom is 0.316 e. The summed E-state index contributed by atoms with van der Waals surface area (Å²) in [7, 11) is -3.68. The summed E-state index contributed by atoms with van der Waals surface area (Å²) in [5, 5.41) is 4.42. The molecule has 11 heteroatoms. The van der Waals surface area contributed by atoms with Gasteiger partial charge in [-0.05, 0) is 37.1 Å². The molecule has 184 valence electrons. The van der Waals surface area contributed by atoms with Gasteiger partial charge in [0.05, 0.1) is 18.0 Å². The van der Waals surface area contributed by atoms with E-state index in [1.165, 1.54) is 21.3 Å². The molecule has 0 N–H and O–H groups in total. The van der Waals surface area contributed by atoms with Gasteiger partial charge < -0.3 is 14.4 Å². The fourth-order valence-electron chi connectivity index (χ4n) is 4.30. The number of hydrogen-bond donors (Lipinski definition) is 0. The molecular weight excluding hydrogens is 470 g/mol. The first-order valence-corrected chi connectivity index (χ1v) is 13.1. The normalized spacial score (nSPS) is 19.1. The van der Waals surface area contributed by atoms with E-state index in [4.69, 9.17) is 9.47 Å². The molecule has 2 aliphatic rings. The van der Waals surface area contributed by atoms with Crippen molar-refractivity contribution >= 4 is 15.7 Å². The summed E-state index contributed by atoms with van der Waals surface area (Å²) in [6.45, 7) is 2.25. The lowest BCUT2D eigenvalue weighted by Crippen LogP contribution is -2.49. The molecule has 3 aromatic rings. The monoisotopic (exact) mass is 497 g/mol. The molecule has 5 rings (SSSR count). The minimum absolute atomic E-state index is 0.0289. The number of hydrogen-bond acceptors (Lipinski definition) is 8. The Labute approximate surface area is 203 Å². The van der Waals surface area contributed by atoms with E-state index >= 15 is 0 Å². The quantitative estimate of drug-likeness (QED) is 0.486. The van der Waals surface area contributed by atoms with Crippen molar-refractivity contribution in [3.05, 3.63) is 71.3 Å². The summed E-state index contributed by atoms with van der Waals surface area (Å²) in [4.78, 5) is 19.4. The maximum atomic E-state index is 13.4. The lowest BCUT2D eigenvalue weighted by atomic mass is 10.2. The summed E-state index contributed by atoms with van der Waals surface area (Å²) < 4.78 is 40.3. The first-order valence-electron chi connectivity index (χ1n) is 11.6. The van der Waals surface area contributed by atoms with Crippen LogP contribution >= 0.6 is 0 Å². The molecule has 0 bridgehead atoms. The Balaban J connectivity index is 1.40. The van der Waals surface area contributed by atoms with E-state index in [1.54, 1.807) is 30.5 Å². The van der Waals surface area contributed by atoms with Crippen molar-refractivity contribution in [2.45, 2.75) is 24.0 Å². The van der Waals surface area contributed by atoms with Crippen LogP contribution in [0.3, 0.4) is 0 Å². The first kappa shape index (κ1) is 23.5. The minimum atomic E-state index is -3.68. The Kier molecular flexibility index (Phi) is 6.80. The number of piperazine rings is 1. The molecule has 1 aromatic carbocycles. The summed E-state index contributed by atoms with van der Waals surface area (Å²) >= 11 is 0. The zero-order valence-electron chi connectivity index (χ0n) is 19.2. The number of anilines is 1. The number of aromatic nitrogens is 3. The van der Waals surface area contributed by atoms with Crippen LogP contribution in [-0.2, 0) is 14.8 Å². The zero-order chi connectivity index (χ0) is 24.3. The average molecular weight is 498 g/mol. The Hall–Kier alpha value is -3.28. The van der Waals surface area contributed by atoms with Crippen LogP contribution < -0.4 is 15.2 Å². The summed E-state index contributed by atoms with van der Waals surface area (Å²) in [6, 6.07) is 14.0. The van der Waals surface area contributed by atoms with Gasteiger partial charge in [0.2, 0.25) is 5.75 Å². The molecule has 2 saturated heterocycles. The smallest absolute Gasteiger partial charge is 0.316 e. The molecule has 2 aromatic heterocycles. The van der Waals surface area contributed by atoms with Gasteiger partial charge in [-0.1, -0.05) is 24.3 Å². The van der Waals surface area contributed by atoms with Gasteiger partial charge in [-0.3, -0.25) is 4.79 Å². The van der Waals surface area contributed by atoms with Crippen molar-refractivity contribution in [2.24, 2.45) is 0 Å². The second-order valence-electron chi connectivity index (χ2n) is 8.42. The average Bonchev–Trinajstić information content (AvgIpc) is 3.43. The third kappa shape index (κ3) is 4.93. The number of nitrogens with zero attached hydrogens (tertiary/aromatic N) is 5. The van der Waals surface area contributed by atoms with Crippen LogP contribution in [0.5, 0.6) is 5.75 Å². The predicted octanol–water partition coefficient (Wildman–Crippen LogP) is 1.70. The SMILES string of the molecule is O=c1c(OCC2CCCO2)c(N2CCN(S(=O)(=O)c3ccccn3)CC2)cnn1-c1ccccc1. The molecule has 4 heterocycles. The third-order valence-corrected chi connectivity index (χ3v) is 7.99. The van der Waals surface area contributed by atoms with Gasteiger partial charge in [0.1, 0.15) is 12.3 Å². The van der Waals surface area contributed by atoms with Crippen LogP contribution in [0.2, 0.25) is 0 Å². The van der Waals surface area contributed by atoms with E-state index in [0.29, 0.717) is 31.1 Å². The van der Waals surface area contributed by atoms with Crippen LogP contribution in [0.4, 0.5) is 5.69 Å². The highest BCUT2D eigenvalue weighted by molar-refractivity contribution is 7.89. The molecule has 2 aliphatic heterocycles. The molecule has 0 saturated carbocycles. The maximum absolute atomic E-state index is 13.4. The molecule has 0 amide bonds. The van der Waals surface area contributed by atoms with E-state index in [2.05, 4.69) is 10.1 Å². The summed E-state index contributed by atoms with van der Waals surface area (Å²) in [5.41, 5.74) is 0.822. The molecule has 0 spiro atoms. The minimum Gasteiger partial charge on any atom is -0.483 e. The highest BCUT2D eigenvalue weighted by Gasteiger charge is 2.31. The summed E-state index contributed by atoms with van der Waals surface area (Å²) in [5.74, 6) is 0.195. The summed E-state index contributed by atoms with van der Waals surface area (Å²) in [6.07, 6.45) is 4.88. The number of ether oxygens (including phenoxy) is 2. The molecule has 1 unspecified atom stereocenters. The molecule has 35 heavy (non-hydrogen) atoms. The zero-order valence-corrected chi connectivity index (χ0v) is 20.0. The van der Waals surface area contributed by atoms with Gasteiger partial charge in [-0.15, -0.1) is 0 Å². The number of benzene rings is 1. The van der Waals surface area contributed by atoms with Crippen molar-refractivity contribution in [1.29, 1.82) is 0 Å². The largest absolute Gasteiger partial charge is 0.483 e.